The number of rotatable bonds is 8. The van der Waals surface area contributed by atoms with E-state index >= 15 is 0 Å². The molecule has 0 radical (unpaired) electrons. The molecule has 42 heavy (non-hydrogen) atoms. The Morgan fingerprint density at radius 1 is 1.21 bits per heavy atom. The number of ether oxygens (including phenoxy) is 1. The van der Waals surface area contributed by atoms with Gasteiger partial charge < -0.3 is 15.4 Å². The predicted octanol–water partition coefficient (Wildman–Crippen LogP) is 5.82. The van der Waals surface area contributed by atoms with Crippen LogP contribution in [0.2, 0.25) is 5.02 Å². The number of aromatic nitrogens is 2. The Balaban J connectivity index is 1.58. The minimum absolute atomic E-state index is 0.0552. The first-order valence-corrected chi connectivity index (χ1v) is 14.0. The number of hydrogen-bond acceptors (Lipinski definition) is 5. The summed E-state index contributed by atoms with van der Waals surface area (Å²) in [6.45, 7) is 7.28. The maximum atomic E-state index is 14.5. The van der Waals surface area contributed by atoms with Crippen molar-refractivity contribution < 1.29 is 23.1 Å². The summed E-state index contributed by atoms with van der Waals surface area (Å²) in [4.78, 5) is 28.4. The Labute approximate surface area is 247 Å². The fraction of sp³-hybridized carbons (Fsp3) is 0.400. The van der Waals surface area contributed by atoms with Gasteiger partial charge in [-0.1, -0.05) is 38.4 Å². The minimum atomic E-state index is -1.66. The highest BCUT2D eigenvalue weighted by atomic mass is 35.5. The average Bonchev–Trinajstić information content (AvgIpc) is 3.27. The largest absolute Gasteiger partial charge is 0.447 e. The van der Waals surface area contributed by atoms with E-state index in [0.717, 1.165) is 31.0 Å². The maximum Gasteiger partial charge on any atom is 0.407 e. The van der Waals surface area contributed by atoms with E-state index in [-0.39, 0.29) is 30.1 Å². The highest BCUT2D eigenvalue weighted by Gasteiger charge is 2.55. The van der Waals surface area contributed by atoms with E-state index < -0.39 is 40.6 Å². The second-order valence-corrected chi connectivity index (χ2v) is 12.8. The van der Waals surface area contributed by atoms with E-state index in [2.05, 4.69) is 15.7 Å². The Kier molecular flexibility index (Phi) is 7.51. The van der Waals surface area contributed by atoms with Gasteiger partial charge in [0, 0.05) is 24.0 Å². The molecule has 2 heterocycles. The maximum absolute atomic E-state index is 14.5. The Hall–Kier alpha value is -3.99. The van der Waals surface area contributed by atoms with Crippen molar-refractivity contribution in [1.82, 2.24) is 25.3 Å². The summed E-state index contributed by atoms with van der Waals surface area (Å²) in [5.41, 5.74) is -1.41. The third kappa shape index (κ3) is 5.97. The van der Waals surface area contributed by atoms with E-state index in [4.69, 9.17) is 21.7 Å². The smallest absolute Gasteiger partial charge is 0.407 e. The lowest BCUT2D eigenvalue weighted by atomic mass is 9.75. The van der Waals surface area contributed by atoms with Crippen LogP contribution in [0.3, 0.4) is 0 Å². The normalized spacial score (nSPS) is 20.3. The summed E-state index contributed by atoms with van der Waals surface area (Å²) < 4.78 is 36.1. The molecule has 1 aromatic heterocycles. The molecule has 1 saturated carbocycles. The molecule has 2 atom stereocenters. The highest BCUT2D eigenvalue weighted by molar-refractivity contribution is 6.32. The molecule has 2 amide bonds. The van der Waals surface area contributed by atoms with Gasteiger partial charge in [-0.25, -0.2) is 18.3 Å². The zero-order chi connectivity index (χ0) is 30.4. The van der Waals surface area contributed by atoms with Gasteiger partial charge in [-0.3, -0.25) is 15.1 Å². The first kappa shape index (κ1) is 29.5. The SMILES string of the molecule is CC(C)(C)C[C@]1(c2cc(F)cc(F)c2)NC(=N)N([C@H](COC(=O)NC2(C)CC2)c2ccc(Cl)c(-n3cccn3)c2)C1=O. The molecule has 2 aromatic carbocycles. The number of benzene rings is 2. The van der Waals surface area contributed by atoms with Gasteiger partial charge in [-0.2, -0.15) is 5.10 Å². The van der Waals surface area contributed by atoms with Gasteiger partial charge in [0.05, 0.1) is 16.8 Å². The molecule has 5 rings (SSSR count). The lowest BCUT2D eigenvalue weighted by molar-refractivity contribution is -0.134. The lowest BCUT2D eigenvalue weighted by Gasteiger charge is -2.35. The first-order valence-electron chi connectivity index (χ1n) is 13.6. The third-order valence-electron chi connectivity index (χ3n) is 7.50. The number of halogens is 3. The van der Waals surface area contributed by atoms with Crippen molar-refractivity contribution in [2.24, 2.45) is 5.41 Å². The molecule has 9 nitrogen and oxygen atoms in total. The van der Waals surface area contributed by atoms with Crippen molar-refractivity contribution in [2.75, 3.05) is 6.61 Å². The predicted molar refractivity (Wildman–Crippen MR) is 153 cm³/mol. The zero-order valence-corrected chi connectivity index (χ0v) is 24.6. The molecule has 3 N–H and O–H groups in total. The van der Waals surface area contributed by atoms with Crippen LogP contribution >= 0.6 is 11.6 Å². The van der Waals surface area contributed by atoms with Gasteiger partial charge >= 0.3 is 6.09 Å². The van der Waals surface area contributed by atoms with Crippen molar-refractivity contribution in [2.45, 2.75) is 64.1 Å². The molecule has 0 bridgehead atoms. The average molecular weight is 599 g/mol. The van der Waals surface area contributed by atoms with Gasteiger partial charge in [0.25, 0.3) is 5.91 Å². The van der Waals surface area contributed by atoms with Crippen molar-refractivity contribution in [3.63, 3.8) is 0 Å². The summed E-state index contributed by atoms with van der Waals surface area (Å²) in [5.74, 6) is -2.59. The molecule has 0 spiro atoms. The standard InChI is InChI=1S/C30H33ClF2N6O3/c1-28(2,3)17-30(19-13-20(32)15-21(33)14-19)25(40)39(26(34)36-30)24(16-42-27(41)37-29(4)8-9-29)18-6-7-22(31)23(12-18)38-11-5-10-35-38/h5-7,10-15,24H,8-9,16-17H2,1-4H3,(H2,34,36)(H,37,41)/t24-,30-/m1/s1. The van der Waals surface area contributed by atoms with Crippen molar-refractivity contribution in [3.05, 3.63) is 82.6 Å². The summed E-state index contributed by atoms with van der Waals surface area (Å²) in [6.07, 6.45) is 4.42. The summed E-state index contributed by atoms with van der Waals surface area (Å²) >= 11 is 6.48. The fourth-order valence-corrected chi connectivity index (χ4v) is 5.53. The van der Waals surface area contributed by atoms with Gasteiger partial charge in [-0.05, 0) is 73.1 Å². The Morgan fingerprint density at radius 2 is 1.90 bits per heavy atom. The second-order valence-electron chi connectivity index (χ2n) is 12.4. The van der Waals surface area contributed by atoms with E-state index in [1.54, 1.807) is 41.3 Å². The first-order chi connectivity index (χ1) is 19.7. The quantitative estimate of drug-likeness (QED) is 0.302. The van der Waals surface area contributed by atoms with Gasteiger partial charge in [0.1, 0.15) is 23.8 Å². The number of carbonyl (C=O) groups is 2. The fourth-order valence-electron chi connectivity index (χ4n) is 5.33. The molecule has 1 saturated heterocycles. The molecule has 12 heteroatoms. The van der Waals surface area contributed by atoms with Gasteiger partial charge in [0.15, 0.2) is 5.96 Å². The lowest BCUT2D eigenvalue weighted by Crippen LogP contribution is -2.47. The van der Waals surface area contributed by atoms with Crippen LogP contribution in [0.25, 0.3) is 5.69 Å². The number of guanidine groups is 1. The van der Waals surface area contributed by atoms with Crippen molar-refractivity contribution >= 4 is 29.6 Å². The van der Waals surface area contributed by atoms with E-state index in [9.17, 15) is 18.4 Å². The van der Waals surface area contributed by atoms with Crippen LogP contribution in [-0.4, -0.2) is 44.8 Å². The topological polar surface area (TPSA) is 112 Å². The van der Waals surface area contributed by atoms with E-state index in [1.165, 1.54) is 4.90 Å². The van der Waals surface area contributed by atoms with Crippen LogP contribution in [0.15, 0.2) is 54.9 Å². The number of carbonyl (C=O) groups excluding carboxylic acids is 2. The number of hydrogen-bond donors (Lipinski definition) is 3. The third-order valence-corrected chi connectivity index (χ3v) is 7.82. The Morgan fingerprint density at radius 3 is 2.50 bits per heavy atom. The van der Waals surface area contributed by atoms with Gasteiger partial charge in [0.2, 0.25) is 0 Å². The van der Waals surface area contributed by atoms with Gasteiger partial charge in [-0.15, -0.1) is 0 Å². The summed E-state index contributed by atoms with van der Waals surface area (Å²) in [6, 6.07) is 8.70. The van der Waals surface area contributed by atoms with Crippen LogP contribution in [0.1, 0.15) is 64.1 Å². The molecule has 2 aliphatic rings. The number of amides is 2. The van der Waals surface area contributed by atoms with Crippen LogP contribution < -0.4 is 10.6 Å². The minimum Gasteiger partial charge on any atom is -0.447 e. The molecule has 0 unspecified atom stereocenters. The van der Waals surface area contributed by atoms with Crippen LogP contribution in [0, 0.1) is 22.5 Å². The number of nitrogens with zero attached hydrogens (tertiary/aromatic N) is 3. The summed E-state index contributed by atoms with van der Waals surface area (Å²) in [7, 11) is 0. The van der Waals surface area contributed by atoms with Crippen LogP contribution in [0.4, 0.5) is 13.6 Å². The number of nitrogens with one attached hydrogen (secondary N) is 3. The van der Waals surface area contributed by atoms with Crippen LogP contribution in [-0.2, 0) is 15.1 Å². The summed E-state index contributed by atoms with van der Waals surface area (Å²) in [5, 5.41) is 19.3. The van der Waals surface area contributed by atoms with E-state index in [1.807, 2.05) is 27.7 Å². The highest BCUT2D eigenvalue weighted by Crippen LogP contribution is 2.43. The molecule has 2 fully saturated rings. The Bertz CT molecular complexity index is 1520. The second kappa shape index (κ2) is 10.7. The molecule has 222 valence electrons. The molecule has 1 aliphatic heterocycles. The van der Waals surface area contributed by atoms with Crippen molar-refractivity contribution in [1.29, 1.82) is 5.41 Å². The van der Waals surface area contributed by atoms with Crippen molar-refractivity contribution in [3.8, 4) is 5.69 Å². The molecule has 1 aliphatic carbocycles. The monoisotopic (exact) mass is 598 g/mol. The molecule has 3 aromatic rings. The number of alkyl carbamates (subject to hydrolysis) is 1. The molecular formula is C30H33ClF2N6O3. The van der Waals surface area contributed by atoms with E-state index in [0.29, 0.717) is 16.3 Å². The van der Waals surface area contributed by atoms with Crippen LogP contribution in [0.5, 0.6) is 0 Å². The molecular weight excluding hydrogens is 566 g/mol. The zero-order valence-electron chi connectivity index (χ0n) is 23.8.